The summed E-state index contributed by atoms with van der Waals surface area (Å²) in [6, 6.07) is 0. The molecule has 1 aliphatic carbocycles. The Kier molecular flexibility index (Phi) is 4.64. The lowest BCUT2D eigenvalue weighted by Crippen LogP contribution is -2.39. The summed E-state index contributed by atoms with van der Waals surface area (Å²) in [6.07, 6.45) is 6.81. The van der Waals surface area contributed by atoms with E-state index in [1.165, 1.54) is 19.3 Å². The minimum absolute atomic E-state index is 0.201. The lowest BCUT2D eigenvalue weighted by atomic mass is 9.80. The Morgan fingerprint density at radius 1 is 1.37 bits per heavy atom. The maximum absolute atomic E-state index is 6.56. The van der Waals surface area contributed by atoms with E-state index in [-0.39, 0.29) is 11.1 Å². The minimum Gasteiger partial charge on any atom is -0.368 e. The van der Waals surface area contributed by atoms with Crippen molar-refractivity contribution in [1.29, 1.82) is 0 Å². The zero-order valence-corrected chi connectivity index (χ0v) is 13.2. The molecule has 1 saturated carbocycles. The molecule has 108 valence electrons. The second-order valence-electron chi connectivity index (χ2n) is 5.77. The Labute approximate surface area is 120 Å². The van der Waals surface area contributed by atoms with Gasteiger partial charge >= 0.3 is 0 Å². The number of hydrogen-bond acceptors (Lipinski definition) is 4. The Balaban J connectivity index is 2.22. The van der Waals surface area contributed by atoms with Crippen molar-refractivity contribution in [3.8, 4) is 0 Å². The van der Waals surface area contributed by atoms with Crippen molar-refractivity contribution >= 4 is 11.3 Å². The third kappa shape index (κ3) is 3.01. The van der Waals surface area contributed by atoms with E-state index in [0.29, 0.717) is 6.61 Å². The molecule has 0 aliphatic heterocycles. The highest BCUT2D eigenvalue weighted by atomic mass is 32.1. The summed E-state index contributed by atoms with van der Waals surface area (Å²) in [5, 5.41) is 3.22. The van der Waals surface area contributed by atoms with Crippen molar-refractivity contribution < 1.29 is 4.74 Å². The molecule has 0 amide bonds. The summed E-state index contributed by atoms with van der Waals surface area (Å²) >= 11 is 1.70. The van der Waals surface area contributed by atoms with Crippen LogP contribution in [0.2, 0.25) is 0 Å². The molecular formula is C15H26N2OS. The van der Waals surface area contributed by atoms with Gasteiger partial charge in [-0.15, -0.1) is 11.3 Å². The van der Waals surface area contributed by atoms with E-state index in [2.05, 4.69) is 19.2 Å². The first-order valence-corrected chi connectivity index (χ1v) is 8.31. The topological polar surface area (TPSA) is 48.1 Å². The van der Waals surface area contributed by atoms with E-state index >= 15 is 0 Å². The van der Waals surface area contributed by atoms with Crippen LogP contribution >= 0.6 is 11.3 Å². The summed E-state index contributed by atoms with van der Waals surface area (Å²) in [4.78, 5) is 4.84. The molecule has 1 aromatic heterocycles. The van der Waals surface area contributed by atoms with Gasteiger partial charge in [0, 0.05) is 12.0 Å². The van der Waals surface area contributed by atoms with Gasteiger partial charge in [-0.25, -0.2) is 4.98 Å². The third-order valence-electron chi connectivity index (χ3n) is 4.35. The van der Waals surface area contributed by atoms with Crippen molar-refractivity contribution in [3.63, 3.8) is 0 Å². The van der Waals surface area contributed by atoms with Gasteiger partial charge < -0.3 is 10.5 Å². The molecule has 1 fully saturated rings. The minimum atomic E-state index is -0.261. The van der Waals surface area contributed by atoms with Gasteiger partial charge in [-0.3, -0.25) is 0 Å². The molecule has 1 aliphatic rings. The van der Waals surface area contributed by atoms with Crippen LogP contribution in [0.3, 0.4) is 0 Å². The summed E-state index contributed by atoms with van der Waals surface area (Å²) in [5.41, 5.74) is 7.17. The van der Waals surface area contributed by atoms with Crippen LogP contribution < -0.4 is 5.73 Å². The first-order valence-electron chi connectivity index (χ1n) is 7.43. The smallest absolute Gasteiger partial charge is 0.125 e. The van der Waals surface area contributed by atoms with Crippen LogP contribution in [0.1, 0.15) is 70.0 Å². The fourth-order valence-corrected chi connectivity index (χ4v) is 3.93. The Morgan fingerprint density at radius 3 is 2.63 bits per heavy atom. The van der Waals surface area contributed by atoms with Gasteiger partial charge in [-0.1, -0.05) is 26.2 Å². The second kappa shape index (κ2) is 5.90. The highest BCUT2D eigenvalue weighted by Gasteiger charge is 2.35. The highest BCUT2D eigenvalue weighted by molar-refractivity contribution is 7.09. The molecule has 19 heavy (non-hydrogen) atoms. The average molecular weight is 282 g/mol. The first-order chi connectivity index (χ1) is 9.04. The summed E-state index contributed by atoms with van der Waals surface area (Å²) in [6.45, 7) is 7.03. The molecular weight excluding hydrogens is 256 g/mol. The molecule has 0 radical (unpaired) electrons. The molecule has 2 N–H and O–H groups in total. The first kappa shape index (κ1) is 14.9. The van der Waals surface area contributed by atoms with E-state index in [9.17, 15) is 0 Å². The lowest BCUT2D eigenvalue weighted by molar-refractivity contribution is -0.0326. The van der Waals surface area contributed by atoms with Crippen LogP contribution in [0.25, 0.3) is 0 Å². The quantitative estimate of drug-likeness (QED) is 0.890. The molecule has 4 heteroatoms. The Morgan fingerprint density at radius 2 is 2.05 bits per heavy atom. The van der Waals surface area contributed by atoms with Gasteiger partial charge in [0.25, 0.3) is 0 Å². The number of ether oxygens (including phenoxy) is 1. The summed E-state index contributed by atoms with van der Waals surface area (Å²) in [7, 11) is 0. The molecule has 0 spiro atoms. The summed E-state index contributed by atoms with van der Waals surface area (Å²) in [5.74, 6) is 0. The molecule has 2 rings (SSSR count). The number of thiazole rings is 1. The van der Waals surface area contributed by atoms with Gasteiger partial charge in [0.2, 0.25) is 0 Å². The molecule has 1 aromatic rings. The normalized spacial score (nSPS) is 22.1. The molecule has 1 atom stereocenters. The van der Waals surface area contributed by atoms with E-state index < -0.39 is 0 Å². The molecule has 0 aromatic carbocycles. The number of aromatic nitrogens is 1. The zero-order chi connectivity index (χ0) is 13.9. The van der Waals surface area contributed by atoms with Crippen LogP contribution in [0.4, 0.5) is 0 Å². The zero-order valence-electron chi connectivity index (χ0n) is 12.4. The van der Waals surface area contributed by atoms with Crippen LogP contribution in [0, 0.1) is 0 Å². The number of hydrogen-bond donors (Lipinski definition) is 1. The maximum Gasteiger partial charge on any atom is 0.125 e. The monoisotopic (exact) mass is 282 g/mol. The van der Waals surface area contributed by atoms with Gasteiger partial charge in [-0.2, -0.15) is 0 Å². The van der Waals surface area contributed by atoms with E-state index in [1.807, 2.05) is 6.92 Å². The van der Waals surface area contributed by atoms with Crippen molar-refractivity contribution in [2.45, 2.75) is 70.4 Å². The molecule has 0 saturated heterocycles. The number of nitrogens with two attached hydrogens (primary N) is 1. The predicted molar refractivity (Wildman–Crippen MR) is 80.3 cm³/mol. The number of nitrogens with zero attached hydrogens (tertiary/aromatic N) is 1. The largest absolute Gasteiger partial charge is 0.368 e. The van der Waals surface area contributed by atoms with Crippen molar-refractivity contribution in [1.82, 2.24) is 4.98 Å². The fraction of sp³-hybridized carbons (Fsp3) is 0.800. The Bertz CT molecular complexity index is 388. The highest BCUT2D eigenvalue weighted by Crippen LogP contribution is 2.38. The van der Waals surface area contributed by atoms with E-state index in [4.69, 9.17) is 15.5 Å². The van der Waals surface area contributed by atoms with E-state index in [1.54, 1.807) is 11.3 Å². The van der Waals surface area contributed by atoms with Gasteiger partial charge in [0.15, 0.2) is 0 Å². The van der Waals surface area contributed by atoms with Crippen molar-refractivity contribution in [2.24, 2.45) is 5.73 Å². The van der Waals surface area contributed by atoms with E-state index in [0.717, 1.165) is 30.0 Å². The standard InChI is InChI=1S/C15H26N2OS/c1-4-14(3,18-5-2)13-17-12(11-19-13)15(16)9-7-6-8-10-15/h11H,4-10,16H2,1-3H3. The fourth-order valence-electron chi connectivity index (χ4n) is 2.82. The molecule has 3 nitrogen and oxygen atoms in total. The molecule has 1 unspecified atom stereocenters. The third-order valence-corrected chi connectivity index (χ3v) is 5.44. The van der Waals surface area contributed by atoms with Crippen LogP contribution in [-0.4, -0.2) is 11.6 Å². The van der Waals surface area contributed by atoms with Crippen LogP contribution in [-0.2, 0) is 15.9 Å². The second-order valence-corrected chi connectivity index (χ2v) is 6.63. The Hall–Kier alpha value is -0.450. The van der Waals surface area contributed by atoms with Crippen LogP contribution in [0.5, 0.6) is 0 Å². The molecule has 0 bridgehead atoms. The SMILES string of the molecule is CCOC(C)(CC)c1nc(C2(N)CCCCC2)cs1. The van der Waals surface area contributed by atoms with Gasteiger partial charge in [-0.05, 0) is 33.1 Å². The van der Waals surface area contributed by atoms with Gasteiger partial charge in [0.05, 0.1) is 11.2 Å². The summed E-state index contributed by atoms with van der Waals surface area (Å²) < 4.78 is 5.91. The van der Waals surface area contributed by atoms with Crippen molar-refractivity contribution in [3.05, 3.63) is 16.1 Å². The van der Waals surface area contributed by atoms with Crippen molar-refractivity contribution in [2.75, 3.05) is 6.61 Å². The van der Waals surface area contributed by atoms with Crippen LogP contribution in [0.15, 0.2) is 5.38 Å². The molecule has 1 heterocycles. The predicted octanol–water partition coefficient (Wildman–Crippen LogP) is 3.92. The number of rotatable bonds is 5. The maximum atomic E-state index is 6.56. The average Bonchev–Trinajstić information content (AvgIpc) is 2.91. The lowest BCUT2D eigenvalue weighted by Gasteiger charge is -2.32. The van der Waals surface area contributed by atoms with Gasteiger partial charge in [0.1, 0.15) is 10.6 Å².